The number of aliphatic carboxylic acids is 4. The van der Waals surface area contributed by atoms with Gasteiger partial charge in [-0.3, -0.25) is 57.5 Å². The normalized spacial score (nSPS) is 14.6. The average molecular weight is 1170 g/mol. The minimum absolute atomic E-state index is 0.0425. The van der Waals surface area contributed by atoms with Crippen molar-refractivity contribution in [3.05, 3.63) is 36.0 Å². The minimum atomic E-state index is -1.84. The maximum atomic E-state index is 14.5. The summed E-state index contributed by atoms with van der Waals surface area (Å²) >= 11 is 5.54. The Bertz CT molecular complexity index is 2530. The summed E-state index contributed by atoms with van der Waals surface area (Å²) in [6.45, 7) is 6.73. The van der Waals surface area contributed by atoms with E-state index in [2.05, 4.69) is 60.1 Å². The number of carbonyl (C=O) groups excluding carboxylic acids is 9. The van der Waals surface area contributed by atoms with Crippen molar-refractivity contribution in [3.8, 4) is 0 Å². The van der Waals surface area contributed by atoms with Crippen LogP contribution in [0.5, 0.6) is 0 Å². The van der Waals surface area contributed by atoms with Gasteiger partial charge in [0.1, 0.15) is 48.3 Å². The van der Waals surface area contributed by atoms with Gasteiger partial charge >= 0.3 is 23.9 Å². The quantitative estimate of drug-likeness (QED) is 0.0331. The number of thioether (sulfide) groups is 1. The van der Waals surface area contributed by atoms with Crippen molar-refractivity contribution in [2.45, 2.75) is 153 Å². The number of carbonyl (C=O) groups is 13. The molecule has 1 heterocycles. The zero-order chi connectivity index (χ0) is 60.4. The Morgan fingerprint density at radius 3 is 1.39 bits per heavy atom. The molecule has 1 aromatic carbocycles. The second kappa shape index (κ2) is 34.5. The number of para-hydroxylation sites is 1. The summed E-state index contributed by atoms with van der Waals surface area (Å²) in [6, 6.07) is -7.08. The fraction of sp³-hybridized carbons (Fsp3) is 0.580. The fourth-order valence-electron chi connectivity index (χ4n) is 7.89. The van der Waals surface area contributed by atoms with Gasteiger partial charge in [-0.25, -0.2) is 4.79 Å². The van der Waals surface area contributed by atoms with Gasteiger partial charge in [0.05, 0.1) is 6.04 Å². The van der Waals surface area contributed by atoms with Crippen LogP contribution in [-0.2, 0) is 68.7 Å². The number of aromatic amines is 1. The first-order valence-corrected chi connectivity index (χ1v) is 27.6. The lowest BCUT2D eigenvalue weighted by molar-refractivity contribution is -0.142. The number of fused-ring (bicyclic) bond motifs is 1. The predicted octanol–water partition coefficient (Wildman–Crippen LogP) is -1.75. The van der Waals surface area contributed by atoms with Crippen molar-refractivity contribution in [1.82, 2.24) is 47.5 Å². The molecule has 0 radical (unpaired) electrons. The second-order valence-electron chi connectivity index (χ2n) is 19.6. The number of rotatable bonds is 38. The van der Waals surface area contributed by atoms with Crippen LogP contribution in [0.4, 0.5) is 0 Å². The zero-order valence-electron chi connectivity index (χ0n) is 45.0. The molecule has 9 amide bonds. The standard InChI is InChI=1S/C50H75N11O17S2/c1-24(2)20-28(51)42(69)54-30(10-14-37(52)62)43(70)55-31(11-15-38(63)64)44(71)56-32(12-16-39(65)66)45(72)59-35(21-26-22-53-29-9-7-6-8-27(26)29)47(74)57-33(13-17-40(67)68)46(73)60-36(23-79)48(75)61-41(25(3)4)49(76)58-34(50(77)78)18-19-80-5/h6-9,22,24-25,28,30-36,41,53,79H,10-21,23,51H2,1-5H3,(H2,52,62)(H,54,69)(H,55,70)(H,56,71)(H,57,74)(H,58,76)(H,59,72)(H,60,73)(H,61,75)(H,63,64)(H,65,66)(H,67,68)(H,77,78)/t28-,30-,31-,32-,33-,34-,35-,36-,41-/m0/s1. The van der Waals surface area contributed by atoms with E-state index in [1.54, 1.807) is 58.2 Å². The van der Waals surface area contributed by atoms with Gasteiger partial charge in [-0.2, -0.15) is 24.4 Å². The van der Waals surface area contributed by atoms with E-state index >= 15 is 0 Å². The van der Waals surface area contributed by atoms with Gasteiger partial charge in [-0.1, -0.05) is 45.9 Å². The molecule has 1 aromatic heterocycles. The molecule has 0 saturated heterocycles. The van der Waals surface area contributed by atoms with Gasteiger partial charge in [0, 0.05) is 55.0 Å². The van der Waals surface area contributed by atoms with Crippen LogP contribution in [0.25, 0.3) is 10.9 Å². The number of carboxylic acids is 4. The number of thiol groups is 1. The third-order valence-corrected chi connectivity index (χ3v) is 13.2. The number of primary amides is 1. The Balaban J connectivity index is 2.57. The topological polar surface area (TPSA) is 467 Å². The number of H-pyrrole nitrogens is 1. The molecule has 0 bridgehead atoms. The van der Waals surface area contributed by atoms with Crippen LogP contribution in [0.15, 0.2) is 30.5 Å². The first-order chi connectivity index (χ1) is 37.6. The summed E-state index contributed by atoms with van der Waals surface area (Å²) in [6.07, 6.45) is -1.75. The third-order valence-electron chi connectivity index (χ3n) is 12.2. The van der Waals surface area contributed by atoms with Crippen molar-refractivity contribution >= 4 is 112 Å². The van der Waals surface area contributed by atoms with Crippen LogP contribution in [0.3, 0.4) is 0 Å². The summed E-state index contributed by atoms with van der Waals surface area (Å²) in [7, 11) is 0. The van der Waals surface area contributed by atoms with E-state index in [0.29, 0.717) is 22.2 Å². The minimum Gasteiger partial charge on any atom is -0.481 e. The number of hydrogen-bond acceptors (Lipinski definition) is 16. The van der Waals surface area contributed by atoms with E-state index in [4.69, 9.17) is 11.5 Å². The second-order valence-corrected chi connectivity index (χ2v) is 20.9. The van der Waals surface area contributed by atoms with E-state index in [9.17, 15) is 82.8 Å². The monoisotopic (exact) mass is 1170 g/mol. The Morgan fingerprint density at radius 1 is 0.550 bits per heavy atom. The molecule has 17 N–H and O–H groups in total. The molecule has 30 heteroatoms. The number of nitrogens with one attached hydrogen (secondary N) is 9. The van der Waals surface area contributed by atoms with Crippen LogP contribution in [-0.4, -0.2) is 175 Å². The Labute approximate surface area is 470 Å². The lowest BCUT2D eigenvalue weighted by Gasteiger charge is -2.28. The van der Waals surface area contributed by atoms with Crippen LogP contribution < -0.4 is 54.0 Å². The molecule has 2 rings (SSSR count). The number of carboxylic acid groups (broad SMARTS) is 4. The van der Waals surface area contributed by atoms with Crippen LogP contribution in [0.1, 0.15) is 97.5 Å². The summed E-state index contributed by atoms with van der Waals surface area (Å²) in [5.74, 6) is -15.4. The Kier molecular flexibility index (Phi) is 29.6. The molecule has 28 nitrogen and oxygen atoms in total. The van der Waals surface area contributed by atoms with Crippen molar-refractivity contribution < 1.29 is 82.8 Å². The summed E-state index contributed by atoms with van der Waals surface area (Å²) in [5, 5.41) is 58.3. The van der Waals surface area contributed by atoms with E-state index < -0.39 is 188 Å². The molecule has 444 valence electrons. The SMILES string of the molecule is CSCC[C@H](NC(=O)[C@@H](NC(=O)[C@H](CS)NC(=O)[C@H](CCC(=O)O)NC(=O)[C@H](Cc1c[nH]c2ccccc12)NC(=O)[C@H](CCC(=O)O)NC(=O)[C@H](CCC(=O)O)NC(=O)[C@H](CCC(N)=O)NC(=O)[C@@H](N)CC(C)C)C(C)C)C(=O)O. The number of aromatic nitrogens is 1. The molecular formula is C50H75N11O17S2. The molecule has 0 fully saturated rings. The van der Waals surface area contributed by atoms with E-state index in [1.165, 1.54) is 18.0 Å². The largest absolute Gasteiger partial charge is 0.481 e. The van der Waals surface area contributed by atoms with E-state index in [0.717, 1.165) is 0 Å². The molecular weight excluding hydrogens is 1090 g/mol. The van der Waals surface area contributed by atoms with Crippen LogP contribution in [0.2, 0.25) is 0 Å². The number of nitrogens with two attached hydrogens (primary N) is 2. The highest BCUT2D eigenvalue weighted by atomic mass is 32.2. The van der Waals surface area contributed by atoms with Gasteiger partial charge in [-0.05, 0) is 74.0 Å². The first-order valence-electron chi connectivity index (χ1n) is 25.6. The molecule has 9 atom stereocenters. The van der Waals surface area contributed by atoms with Gasteiger partial charge in [0.25, 0.3) is 0 Å². The van der Waals surface area contributed by atoms with Gasteiger partial charge in [0.15, 0.2) is 0 Å². The fourth-order valence-corrected chi connectivity index (χ4v) is 8.62. The zero-order valence-corrected chi connectivity index (χ0v) is 46.7. The Morgan fingerprint density at radius 2 is 0.963 bits per heavy atom. The maximum absolute atomic E-state index is 14.5. The van der Waals surface area contributed by atoms with Gasteiger partial charge < -0.3 is 79.4 Å². The molecule has 0 aliphatic carbocycles. The van der Waals surface area contributed by atoms with Crippen molar-refractivity contribution in [2.75, 3.05) is 17.8 Å². The van der Waals surface area contributed by atoms with Crippen LogP contribution >= 0.6 is 24.4 Å². The van der Waals surface area contributed by atoms with Crippen molar-refractivity contribution in [1.29, 1.82) is 0 Å². The number of hydrogen-bond donors (Lipinski definition) is 16. The van der Waals surface area contributed by atoms with Gasteiger partial charge in [0.2, 0.25) is 53.2 Å². The lowest BCUT2D eigenvalue weighted by atomic mass is 10.0. The Hall–Kier alpha value is -7.47. The smallest absolute Gasteiger partial charge is 0.326 e. The molecule has 0 aliphatic rings. The lowest BCUT2D eigenvalue weighted by Crippen LogP contribution is -2.61. The molecule has 0 spiro atoms. The molecule has 80 heavy (non-hydrogen) atoms. The third kappa shape index (κ3) is 24.3. The molecule has 0 unspecified atom stereocenters. The van der Waals surface area contributed by atoms with E-state index in [-0.39, 0.29) is 31.6 Å². The van der Waals surface area contributed by atoms with Crippen LogP contribution in [0, 0.1) is 11.8 Å². The summed E-state index contributed by atoms with van der Waals surface area (Å²) in [4.78, 5) is 173. The van der Waals surface area contributed by atoms with Crippen molar-refractivity contribution in [2.24, 2.45) is 23.3 Å². The molecule has 0 aliphatic heterocycles. The average Bonchev–Trinajstić information content (AvgIpc) is 3.79. The highest BCUT2D eigenvalue weighted by Gasteiger charge is 2.36. The predicted molar refractivity (Wildman–Crippen MR) is 293 cm³/mol. The number of amides is 9. The summed E-state index contributed by atoms with van der Waals surface area (Å²) in [5.41, 5.74) is 12.3. The van der Waals surface area contributed by atoms with Gasteiger partial charge in [-0.15, -0.1) is 0 Å². The number of benzene rings is 1. The molecule has 2 aromatic rings. The van der Waals surface area contributed by atoms with Crippen molar-refractivity contribution in [3.63, 3.8) is 0 Å². The summed E-state index contributed by atoms with van der Waals surface area (Å²) < 4.78 is 0. The highest BCUT2D eigenvalue weighted by Crippen LogP contribution is 2.20. The molecule has 0 saturated carbocycles. The highest BCUT2D eigenvalue weighted by molar-refractivity contribution is 7.98. The van der Waals surface area contributed by atoms with E-state index in [1.807, 2.05) is 0 Å². The maximum Gasteiger partial charge on any atom is 0.326 e. The first kappa shape index (κ1) is 68.6.